The molecule has 0 unspecified atom stereocenters. The van der Waals surface area contributed by atoms with Gasteiger partial charge in [-0.05, 0) is 49.5 Å². The lowest BCUT2D eigenvalue weighted by Gasteiger charge is -2.57. The van der Waals surface area contributed by atoms with Crippen molar-refractivity contribution in [3.8, 4) is 0 Å². The summed E-state index contributed by atoms with van der Waals surface area (Å²) in [5, 5.41) is 0. The van der Waals surface area contributed by atoms with Crippen LogP contribution >= 0.6 is 0 Å². The smallest absolute Gasteiger partial charge is 0.426 e. The zero-order valence-corrected chi connectivity index (χ0v) is 14.9. The maximum atomic E-state index is 11.8. The first kappa shape index (κ1) is 16.5. The van der Waals surface area contributed by atoms with Crippen molar-refractivity contribution in [2.75, 3.05) is 0 Å². The number of carbonyl (C=O) groups excluding carboxylic acids is 2. The van der Waals surface area contributed by atoms with Crippen LogP contribution in [-0.2, 0) is 14.3 Å². The number of carbonyl (C=O) groups is 2. The largest absolute Gasteiger partial charge is 0.509 e. The monoisotopic (exact) mass is 320 g/mol. The van der Waals surface area contributed by atoms with E-state index in [-0.39, 0.29) is 34.7 Å². The summed E-state index contributed by atoms with van der Waals surface area (Å²) >= 11 is 0. The first-order chi connectivity index (χ1) is 10.7. The fraction of sp³-hybridized carbons (Fsp3) is 0.789. The highest BCUT2D eigenvalue weighted by Crippen LogP contribution is 2.62. The summed E-state index contributed by atoms with van der Waals surface area (Å²) in [6.45, 7) is 10.6. The molecule has 0 amide bonds. The van der Waals surface area contributed by atoms with E-state index in [4.69, 9.17) is 9.47 Å². The maximum absolute atomic E-state index is 11.8. The maximum Gasteiger partial charge on any atom is 0.509 e. The minimum Gasteiger partial charge on any atom is -0.426 e. The molecule has 2 fully saturated rings. The molecule has 4 nitrogen and oxygen atoms in total. The molecule has 0 aromatic heterocycles. The third-order valence-corrected chi connectivity index (χ3v) is 6.45. The molecule has 3 aliphatic rings. The van der Waals surface area contributed by atoms with E-state index in [1.54, 1.807) is 6.92 Å². The summed E-state index contributed by atoms with van der Waals surface area (Å²) in [7, 11) is 0. The van der Waals surface area contributed by atoms with E-state index in [2.05, 4.69) is 27.7 Å². The minimum atomic E-state index is -0.545. The Kier molecular flexibility index (Phi) is 3.85. The first-order valence-corrected chi connectivity index (χ1v) is 8.73. The number of allylic oxidation sites excluding steroid dienone is 1. The van der Waals surface area contributed by atoms with Crippen LogP contribution in [0.2, 0.25) is 0 Å². The van der Waals surface area contributed by atoms with Crippen molar-refractivity contribution in [3.05, 3.63) is 11.1 Å². The number of rotatable bonds is 3. The quantitative estimate of drug-likeness (QED) is 0.570. The molecule has 3 rings (SSSR count). The average molecular weight is 320 g/mol. The molecule has 1 saturated heterocycles. The van der Waals surface area contributed by atoms with Crippen LogP contribution in [-0.4, -0.2) is 24.1 Å². The van der Waals surface area contributed by atoms with Gasteiger partial charge in [-0.25, -0.2) is 4.79 Å². The van der Waals surface area contributed by atoms with E-state index in [1.165, 1.54) is 12.0 Å². The molecule has 1 saturated carbocycles. The average Bonchev–Trinajstić information content (AvgIpc) is 2.78. The second-order valence-corrected chi connectivity index (χ2v) is 8.47. The van der Waals surface area contributed by atoms with Crippen LogP contribution in [0, 0.1) is 16.7 Å². The van der Waals surface area contributed by atoms with Crippen LogP contribution in [0.15, 0.2) is 11.1 Å². The Labute approximate surface area is 138 Å². The van der Waals surface area contributed by atoms with Gasteiger partial charge in [-0.3, -0.25) is 0 Å². The third-order valence-electron chi connectivity index (χ3n) is 6.45. The van der Waals surface area contributed by atoms with Crippen LogP contribution < -0.4 is 0 Å². The van der Waals surface area contributed by atoms with Gasteiger partial charge in [0, 0.05) is 12.3 Å². The molecule has 0 N–H and O–H groups in total. The van der Waals surface area contributed by atoms with Crippen LogP contribution in [0.1, 0.15) is 66.7 Å². The highest BCUT2D eigenvalue weighted by molar-refractivity contribution is 5.75. The summed E-state index contributed by atoms with van der Waals surface area (Å²) in [5.74, 6) is 0.452. The van der Waals surface area contributed by atoms with Gasteiger partial charge < -0.3 is 14.3 Å². The number of hydrogen-bond acceptors (Lipinski definition) is 4. The molecule has 1 heterocycles. The van der Waals surface area contributed by atoms with Gasteiger partial charge in [0.05, 0.1) is 0 Å². The van der Waals surface area contributed by atoms with Crippen molar-refractivity contribution in [3.63, 3.8) is 0 Å². The van der Waals surface area contributed by atoms with Crippen molar-refractivity contribution >= 4 is 11.9 Å². The van der Waals surface area contributed by atoms with E-state index in [0.29, 0.717) is 6.42 Å². The first-order valence-electron chi connectivity index (χ1n) is 8.73. The molecular formula is C19H28O4. The molecule has 0 aromatic carbocycles. The van der Waals surface area contributed by atoms with Crippen LogP contribution in [0.5, 0.6) is 0 Å². The second kappa shape index (κ2) is 5.35. The normalized spacial score (nSPS) is 38.5. The topological polar surface area (TPSA) is 52.6 Å². The predicted octanol–water partition coefficient (Wildman–Crippen LogP) is 4.42. The number of ketones is 1. The van der Waals surface area contributed by atoms with Gasteiger partial charge in [-0.2, -0.15) is 0 Å². The standard InChI is InChI=1S/C19H28O4/c1-11(20)7-8-13-12(2)14-15(23-17(21)22-14)16-18(3,4)9-6-10-19(13,16)5/h14-16H,6-10H2,1-5H3/t14-,15-,16+,19-/m1/s1. The zero-order chi connectivity index (χ0) is 17.0. The predicted molar refractivity (Wildman–Crippen MR) is 87.0 cm³/mol. The molecule has 4 atom stereocenters. The second-order valence-electron chi connectivity index (χ2n) is 8.47. The van der Waals surface area contributed by atoms with Gasteiger partial charge in [0.15, 0.2) is 12.2 Å². The van der Waals surface area contributed by atoms with Crippen molar-refractivity contribution in [1.29, 1.82) is 0 Å². The summed E-state index contributed by atoms with van der Waals surface area (Å²) in [6.07, 6.45) is 3.70. The Hall–Kier alpha value is -1.32. The molecule has 2 aliphatic carbocycles. The van der Waals surface area contributed by atoms with E-state index >= 15 is 0 Å². The summed E-state index contributed by atoms with van der Waals surface area (Å²) in [6, 6.07) is 0. The third kappa shape index (κ3) is 2.50. The molecule has 4 heteroatoms. The van der Waals surface area contributed by atoms with Gasteiger partial charge >= 0.3 is 6.16 Å². The number of hydrogen-bond donors (Lipinski definition) is 0. The van der Waals surface area contributed by atoms with Crippen molar-refractivity contribution < 1.29 is 19.1 Å². The number of Topliss-reactive ketones (excluding diaryl/α,β-unsaturated/α-hetero) is 1. The van der Waals surface area contributed by atoms with Gasteiger partial charge in [0.2, 0.25) is 0 Å². The molecular weight excluding hydrogens is 292 g/mol. The fourth-order valence-corrected chi connectivity index (χ4v) is 5.59. The fourth-order valence-electron chi connectivity index (χ4n) is 5.59. The van der Waals surface area contributed by atoms with Gasteiger partial charge in [0.25, 0.3) is 0 Å². The Morgan fingerprint density at radius 3 is 2.57 bits per heavy atom. The molecule has 0 bridgehead atoms. The molecule has 1 aliphatic heterocycles. The molecule has 0 radical (unpaired) electrons. The SMILES string of the molecule is CC(=O)CCC1=C(C)[C@H]2OC(=O)O[C@H]2[C@H]2C(C)(C)CCC[C@]12C. The summed E-state index contributed by atoms with van der Waals surface area (Å²) < 4.78 is 11.1. The Morgan fingerprint density at radius 1 is 1.22 bits per heavy atom. The van der Waals surface area contributed by atoms with Crippen molar-refractivity contribution in [2.24, 2.45) is 16.7 Å². The minimum absolute atomic E-state index is 0.0174. The van der Waals surface area contributed by atoms with E-state index < -0.39 is 6.16 Å². The lowest BCUT2D eigenvalue weighted by atomic mass is 9.48. The molecule has 128 valence electrons. The van der Waals surface area contributed by atoms with Crippen LogP contribution in [0.4, 0.5) is 4.79 Å². The number of fused-ring (bicyclic) bond motifs is 3. The van der Waals surface area contributed by atoms with Gasteiger partial charge in [-0.15, -0.1) is 0 Å². The van der Waals surface area contributed by atoms with Gasteiger partial charge in [-0.1, -0.05) is 32.8 Å². The van der Waals surface area contributed by atoms with E-state index in [9.17, 15) is 9.59 Å². The number of ether oxygens (including phenoxy) is 2. The van der Waals surface area contributed by atoms with Crippen LogP contribution in [0.3, 0.4) is 0 Å². The van der Waals surface area contributed by atoms with E-state index in [1.807, 2.05) is 0 Å². The highest BCUT2D eigenvalue weighted by Gasteiger charge is 2.61. The zero-order valence-electron chi connectivity index (χ0n) is 14.9. The highest BCUT2D eigenvalue weighted by atomic mass is 16.8. The van der Waals surface area contributed by atoms with E-state index in [0.717, 1.165) is 24.8 Å². The molecule has 0 spiro atoms. The Morgan fingerprint density at radius 2 is 1.91 bits per heavy atom. The summed E-state index contributed by atoms with van der Waals surface area (Å²) in [4.78, 5) is 23.3. The Balaban J connectivity index is 2.08. The van der Waals surface area contributed by atoms with Gasteiger partial charge in [0.1, 0.15) is 5.78 Å². The molecule has 0 aromatic rings. The summed E-state index contributed by atoms with van der Waals surface area (Å²) in [5.41, 5.74) is 2.51. The van der Waals surface area contributed by atoms with Crippen molar-refractivity contribution in [2.45, 2.75) is 78.9 Å². The lowest BCUT2D eigenvalue weighted by Crippen LogP contribution is -2.55. The van der Waals surface area contributed by atoms with Crippen molar-refractivity contribution in [1.82, 2.24) is 0 Å². The lowest BCUT2D eigenvalue weighted by molar-refractivity contribution is -0.117. The van der Waals surface area contributed by atoms with Crippen LogP contribution in [0.25, 0.3) is 0 Å². The Bertz CT molecular complexity index is 574. The molecule has 23 heavy (non-hydrogen) atoms.